The maximum absolute atomic E-state index is 12.8. The van der Waals surface area contributed by atoms with Gasteiger partial charge in [0.2, 0.25) is 23.6 Å². The number of nitrogens with one attached hydrogen (secondary N) is 4. The van der Waals surface area contributed by atoms with Crippen molar-refractivity contribution in [3.05, 3.63) is 35.4 Å². The number of nitrogens with zero attached hydrogens (tertiary/aromatic N) is 4. The predicted molar refractivity (Wildman–Crippen MR) is 261 cm³/mol. The summed E-state index contributed by atoms with van der Waals surface area (Å²) in [6.07, 6.45) is 9.21. The average Bonchev–Trinajstić information content (AvgIpc) is 3.25. The van der Waals surface area contributed by atoms with Crippen molar-refractivity contribution in [3.8, 4) is 0 Å². The number of aliphatic carboxylic acids is 3. The monoisotopic (exact) mass is 947 g/mol. The minimum Gasteiger partial charge on any atom is -0.480 e. The predicted octanol–water partition coefficient (Wildman–Crippen LogP) is 3.17. The number of hydrogen-bond acceptors (Lipinski definition) is 11. The van der Waals surface area contributed by atoms with Gasteiger partial charge in [0.25, 0.3) is 0 Å². The van der Waals surface area contributed by atoms with Crippen LogP contribution in [0.4, 0.5) is 0 Å². The van der Waals surface area contributed by atoms with Gasteiger partial charge in [0.15, 0.2) is 0 Å². The molecule has 0 aromatic heterocycles. The Kier molecular flexibility index (Phi) is 32.0. The van der Waals surface area contributed by atoms with E-state index in [0.29, 0.717) is 83.7 Å². The summed E-state index contributed by atoms with van der Waals surface area (Å²) in [4.78, 5) is 89.8. The van der Waals surface area contributed by atoms with E-state index in [1.54, 1.807) is 28.8 Å². The highest BCUT2D eigenvalue weighted by atomic mass is 16.4. The summed E-state index contributed by atoms with van der Waals surface area (Å²) in [5.41, 5.74) is 2.55. The third kappa shape index (κ3) is 31.1. The molecule has 0 radical (unpaired) electrons. The summed E-state index contributed by atoms with van der Waals surface area (Å²) >= 11 is 0. The number of aryl methyl sites for hydroxylation is 2. The van der Waals surface area contributed by atoms with E-state index in [1.807, 2.05) is 4.90 Å². The Morgan fingerprint density at radius 1 is 0.522 bits per heavy atom. The molecule has 382 valence electrons. The van der Waals surface area contributed by atoms with Crippen LogP contribution in [0.3, 0.4) is 0 Å². The minimum atomic E-state index is -1.01. The molecule has 1 fully saturated rings. The first-order valence-electron chi connectivity index (χ1n) is 24.4. The van der Waals surface area contributed by atoms with Crippen LogP contribution in [0, 0.1) is 30.6 Å². The minimum absolute atomic E-state index is 0.0431. The Labute approximate surface area is 400 Å². The van der Waals surface area contributed by atoms with Gasteiger partial charge in [-0.2, -0.15) is 0 Å². The van der Waals surface area contributed by atoms with Crippen LogP contribution in [-0.2, 0) is 40.0 Å². The van der Waals surface area contributed by atoms with Crippen LogP contribution in [0.1, 0.15) is 103 Å². The van der Waals surface area contributed by atoms with Crippen molar-refractivity contribution in [1.82, 2.24) is 40.9 Å². The molecule has 1 aromatic rings. The summed E-state index contributed by atoms with van der Waals surface area (Å²) in [6, 6.07) is 8.49. The molecule has 18 heteroatoms. The van der Waals surface area contributed by atoms with E-state index in [4.69, 9.17) is 0 Å². The third-order valence-corrected chi connectivity index (χ3v) is 11.7. The Hall–Kier alpha value is -4.65. The van der Waals surface area contributed by atoms with E-state index in [-0.39, 0.29) is 61.6 Å². The molecule has 4 amide bonds. The fourth-order valence-electron chi connectivity index (χ4n) is 8.09. The lowest BCUT2D eigenvalue weighted by molar-refractivity contribution is -0.140. The largest absolute Gasteiger partial charge is 0.480 e. The van der Waals surface area contributed by atoms with Crippen molar-refractivity contribution in [2.75, 3.05) is 106 Å². The number of rotatable bonds is 28. The topological polar surface area (TPSA) is 241 Å². The van der Waals surface area contributed by atoms with Gasteiger partial charge in [0.1, 0.15) is 0 Å². The summed E-state index contributed by atoms with van der Waals surface area (Å²) in [5.74, 6) is -1.89. The van der Waals surface area contributed by atoms with E-state index in [9.17, 15) is 48.9 Å². The lowest BCUT2D eigenvalue weighted by Gasteiger charge is -2.32. The molecule has 1 aliphatic rings. The van der Waals surface area contributed by atoms with Gasteiger partial charge in [-0.05, 0) is 75.7 Å². The quantitative estimate of drug-likeness (QED) is 0.0598. The van der Waals surface area contributed by atoms with Gasteiger partial charge >= 0.3 is 17.9 Å². The summed E-state index contributed by atoms with van der Waals surface area (Å²) in [7, 11) is 3.34. The van der Waals surface area contributed by atoms with Crippen molar-refractivity contribution < 1.29 is 48.9 Å². The van der Waals surface area contributed by atoms with E-state index in [0.717, 1.165) is 64.2 Å². The van der Waals surface area contributed by atoms with Crippen molar-refractivity contribution in [2.45, 2.75) is 105 Å². The Balaban J connectivity index is 0.000000741. The number of carboxylic acid groups (broad SMARTS) is 3. The highest BCUT2D eigenvalue weighted by Gasteiger charge is 2.22. The zero-order chi connectivity index (χ0) is 50.1. The zero-order valence-corrected chi connectivity index (χ0v) is 41.8. The van der Waals surface area contributed by atoms with Crippen LogP contribution < -0.4 is 21.3 Å². The molecule has 1 aliphatic heterocycles. The molecule has 0 bridgehead atoms. The number of benzene rings is 1. The highest BCUT2D eigenvalue weighted by molar-refractivity contribution is 5.79. The first-order chi connectivity index (χ1) is 31.8. The second kappa shape index (κ2) is 35.5. The fraction of sp³-hybridized carbons (Fsp3) is 0.735. The maximum atomic E-state index is 12.8. The van der Waals surface area contributed by atoms with Gasteiger partial charge in [-0.3, -0.25) is 53.2 Å². The molecule has 1 aromatic carbocycles. The molecule has 1 saturated heterocycles. The maximum Gasteiger partial charge on any atom is 0.317 e. The average molecular weight is 947 g/mol. The molecule has 0 spiro atoms. The number of unbranched alkanes of at least 4 members (excludes halogenated alkanes) is 2. The van der Waals surface area contributed by atoms with Gasteiger partial charge in [-0.25, -0.2) is 0 Å². The van der Waals surface area contributed by atoms with Crippen molar-refractivity contribution >= 4 is 41.5 Å². The van der Waals surface area contributed by atoms with Gasteiger partial charge in [0.05, 0.1) is 26.2 Å². The van der Waals surface area contributed by atoms with Crippen LogP contribution in [0.2, 0.25) is 0 Å². The molecular formula is C49H86N8O10. The van der Waals surface area contributed by atoms with Gasteiger partial charge in [-0.1, -0.05) is 70.4 Å². The molecule has 1 heterocycles. The Morgan fingerprint density at radius 3 is 1.22 bits per heavy atom. The van der Waals surface area contributed by atoms with E-state index in [1.165, 1.54) is 11.1 Å². The molecule has 2 rings (SSSR count). The molecule has 0 saturated carbocycles. The lowest BCUT2D eigenvalue weighted by Crippen LogP contribution is -2.49. The molecule has 18 nitrogen and oxygen atoms in total. The SMILES string of the molecule is CNC(=O)[C@H](CCCCNC(=O)CCCc1ccc(C)cc1)CC(C)C.CNC(=O)[C@H](CCCCNC(=O)CN1CCN(CC(=O)O)CCN(CC(=O)O)CCN(CC(=O)O)CC1)CC(C)C. The third-order valence-electron chi connectivity index (χ3n) is 11.7. The number of hydrogen-bond donors (Lipinski definition) is 7. The van der Waals surface area contributed by atoms with Gasteiger partial charge in [0, 0.05) is 97.8 Å². The van der Waals surface area contributed by atoms with E-state index in [2.05, 4.69) is 80.2 Å². The second-order valence-electron chi connectivity index (χ2n) is 18.7. The van der Waals surface area contributed by atoms with Crippen LogP contribution in [0.5, 0.6) is 0 Å². The fourth-order valence-corrected chi connectivity index (χ4v) is 8.09. The molecular weight excluding hydrogens is 861 g/mol. The van der Waals surface area contributed by atoms with Crippen LogP contribution in [0.15, 0.2) is 24.3 Å². The highest BCUT2D eigenvalue weighted by Crippen LogP contribution is 2.19. The molecule has 2 atom stereocenters. The first-order valence-corrected chi connectivity index (χ1v) is 24.4. The standard InChI is InChI=1S/C27H50N6O8.C22H36N2O2/c1-21(2)16-22(27(41)28-3)6-4-5-7-29-23(34)17-30-8-10-31(18-24(35)36)12-14-33(20-26(39)40)15-13-32(11-9-30)19-25(37)38;1-17(2)16-20(22(26)23-4)9-5-6-15-24-21(25)10-7-8-19-13-11-18(3)12-14-19/h21-22H,4-20H2,1-3H3,(H,28,41)(H,29,34)(H,35,36)(H,37,38)(H,39,40);11-14,17,20H,5-10,15-16H2,1-4H3,(H,23,26)(H,24,25)/t22-;20-/m11/s1. The smallest absolute Gasteiger partial charge is 0.317 e. The molecule has 7 N–H and O–H groups in total. The Bertz CT molecular complexity index is 1580. The van der Waals surface area contributed by atoms with Crippen molar-refractivity contribution in [1.29, 1.82) is 0 Å². The first kappa shape index (κ1) is 60.4. The molecule has 67 heavy (non-hydrogen) atoms. The van der Waals surface area contributed by atoms with E-state index < -0.39 is 17.9 Å². The number of carboxylic acids is 3. The summed E-state index contributed by atoms with van der Waals surface area (Å²) in [5, 5.41) is 39.4. The number of amides is 4. The number of carbonyl (C=O) groups is 7. The molecule has 0 aliphatic carbocycles. The summed E-state index contributed by atoms with van der Waals surface area (Å²) in [6.45, 7) is 14.0. The van der Waals surface area contributed by atoms with Crippen LogP contribution >= 0.6 is 0 Å². The van der Waals surface area contributed by atoms with Gasteiger partial charge < -0.3 is 36.6 Å². The van der Waals surface area contributed by atoms with Gasteiger partial charge in [-0.15, -0.1) is 0 Å². The lowest BCUT2D eigenvalue weighted by atomic mass is 9.91. The second-order valence-corrected chi connectivity index (χ2v) is 18.7. The van der Waals surface area contributed by atoms with Crippen LogP contribution in [0.25, 0.3) is 0 Å². The zero-order valence-electron chi connectivity index (χ0n) is 41.8. The van der Waals surface area contributed by atoms with E-state index >= 15 is 0 Å². The Morgan fingerprint density at radius 2 is 0.881 bits per heavy atom. The van der Waals surface area contributed by atoms with Crippen molar-refractivity contribution in [3.63, 3.8) is 0 Å². The summed E-state index contributed by atoms with van der Waals surface area (Å²) < 4.78 is 0. The normalized spacial score (nSPS) is 15.5. The van der Waals surface area contributed by atoms with Crippen LogP contribution in [-0.4, -0.2) is 182 Å². The van der Waals surface area contributed by atoms with Crippen molar-refractivity contribution in [2.24, 2.45) is 23.7 Å². The molecule has 0 unspecified atom stereocenters. The number of carbonyl (C=O) groups excluding carboxylic acids is 4.